The molecule has 0 aliphatic carbocycles. The predicted molar refractivity (Wildman–Crippen MR) is 161 cm³/mol. The highest BCUT2D eigenvalue weighted by Gasteiger charge is 2.72. The van der Waals surface area contributed by atoms with Gasteiger partial charge in [0.15, 0.2) is 0 Å². The van der Waals surface area contributed by atoms with Crippen molar-refractivity contribution in [3.63, 3.8) is 0 Å². The summed E-state index contributed by atoms with van der Waals surface area (Å²) in [6, 6.07) is 15.2. The molecule has 3 aromatic rings. The molecule has 2 fully saturated rings. The van der Waals surface area contributed by atoms with Gasteiger partial charge in [-0.2, -0.15) is 0 Å². The molecular weight excluding hydrogens is 578 g/mol. The number of halogens is 3. The standard InChI is InChI=1S/C32H31Cl2FN4O3/c1-16-38(20-9-5-17(6-10-20)28(36)40)29(41)27-26(18-7-12-23(35)22(34)13-18)32(25(39(16)27)15-31(2,3)4)21-11-8-19(33)14-24(21)37-30(32)42/h5-14,16,25-27H,15H2,1-4H3,(H2,36,40)(H,37,42)/t16-,25+,26+,27-,32-/m1/s1. The fourth-order valence-electron chi connectivity index (χ4n) is 7.38. The monoisotopic (exact) mass is 608 g/mol. The third-order valence-corrected chi connectivity index (χ3v) is 9.42. The van der Waals surface area contributed by atoms with Gasteiger partial charge in [-0.3, -0.25) is 24.2 Å². The lowest BCUT2D eigenvalue weighted by atomic mass is 9.62. The molecule has 6 rings (SSSR count). The van der Waals surface area contributed by atoms with E-state index in [4.69, 9.17) is 28.9 Å². The second kappa shape index (κ2) is 9.79. The molecule has 42 heavy (non-hydrogen) atoms. The number of benzene rings is 3. The van der Waals surface area contributed by atoms with Gasteiger partial charge in [-0.05, 0) is 78.4 Å². The van der Waals surface area contributed by atoms with Gasteiger partial charge < -0.3 is 11.1 Å². The Bertz CT molecular complexity index is 1640. The number of nitrogens with one attached hydrogen (secondary N) is 1. The summed E-state index contributed by atoms with van der Waals surface area (Å²) >= 11 is 12.7. The van der Waals surface area contributed by atoms with Crippen LogP contribution >= 0.6 is 23.2 Å². The second-order valence-electron chi connectivity index (χ2n) is 12.6. The van der Waals surface area contributed by atoms with Crippen LogP contribution in [0.4, 0.5) is 15.8 Å². The predicted octanol–water partition coefficient (Wildman–Crippen LogP) is 6.09. The zero-order valence-electron chi connectivity index (χ0n) is 23.6. The van der Waals surface area contributed by atoms with Crippen molar-refractivity contribution in [1.82, 2.24) is 4.90 Å². The molecule has 0 unspecified atom stereocenters. The van der Waals surface area contributed by atoms with Crippen LogP contribution in [0.3, 0.4) is 0 Å². The highest BCUT2D eigenvalue weighted by Crippen LogP contribution is 2.62. The number of rotatable bonds is 4. The van der Waals surface area contributed by atoms with Gasteiger partial charge in [-0.1, -0.05) is 56.1 Å². The first-order chi connectivity index (χ1) is 19.8. The number of amides is 3. The summed E-state index contributed by atoms with van der Waals surface area (Å²) in [5.41, 5.74) is 6.91. The Balaban J connectivity index is 1.60. The summed E-state index contributed by atoms with van der Waals surface area (Å²) in [5, 5.41) is 3.46. The Morgan fingerprint density at radius 1 is 1.05 bits per heavy atom. The third-order valence-electron chi connectivity index (χ3n) is 8.90. The van der Waals surface area contributed by atoms with E-state index in [1.807, 2.05) is 13.0 Å². The Labute approximate surface area is 253 Å². The zero-order valence-corrected chi connectivity index (χ0v) is 25.1. The molecule has 3 heterocycles. The van der Waals surface area contributed by atoms with Crippen LogP contribution in [0.25, 0.3) is 0 Å². The maximum atomic E-state index is 14.6. The van der Waals surface area contributed by atoms with Crippen molar-refractivity contribution in [2.24, 2.45) is 11.1 Å². The van der Waals surface area contributed by atoms with E-state index in [9.17, 15) is 18.8 Å². The highest BCUT2D eigenvalue weighted by molar-refractivity contribution is 6.31. The minimum absolute atomic E-state index is 0.0828. The number of anilines is 2. The van der Waals surface area contributed by atoms with Gasteiger partial charge in [0.25, 0.3) is 0 Å². The van der Waals surface area contributed by atoms with Crippen LogP contribution in [0.15, 0.2) is 60.7 Å². The van der Waals surface area contributed by atoms with Gasteiger partial charge in [-0.15, -0.1) is 0 Å². The number of fused-ring (bicyclic) bond motifs is 3. The summed E-state index contributed by atoms with van der Waals surface area (Å²) in [5.74, 6) is -2.28. The average molecular weight is 610 g/mol. The van der Waals surface area contributed by atoms with Gasteiger partial charge in [-0.25, -0.2) is 4.39 Å². The van der Waals surface area contributed by atoms with Crippen LogP contribution in [0.1, 0.15) is 61.5 Å². The smallest absolute Gasteiger partial charge is 0.248 e. The van der Waals surface area contributed by atoms with Gasteiger partial charge in [0.2, 0.25) is 17.7 Å². The molecular formula is C32H31Cl2FN4O3. The molecule has 0 saturated carbocycles. The van der Waals surface area contributed by atoms with E-state index in [1.165, 1.54) is 12.1 Å². The van der Waals surface area contributed by atoms with Crippen molar-refractivity contribution in [3.05, 3.63) is 93.2 Å². The van der Waals surface area contributed by atoms with Gasteiger partial charge >= 0.3 is 0 Å². The molecule has 3 aromatic carbocycles. The van der Waals surface area contributed by atoms with Crippen molar-refractivity contribution >= 4 is 52.3 Å². The van der Waals surface area contributed by atoms with E-state index in [0.717, 1.165) is 5.56 Å². The first kappa shape index (κ1) is 28.6. The van der Waals surface area contributed by atoms with Crippen LogP contribution in [0.5, 0.6) is 0 Å². The molecule has 10 heteroatoms. The van der Waals surface area contributed by atoms with Crippen LogP contribution in [0.2, 0.25) is 10.0 Å². The zero-order chi connectivity index (χ0) is 30.3. The highest BCUT2D eigenvalue weighted by atomic mass is 35.5. The van der Waals surface area contributed by atoms with E-state index in [1.54, 1.807) is 47.4 Å². The largest absolute Gasteiger partial charge is 0.366 e. The number of carbonyl (C=O) groups excluding carboxylic acids is 3. The minimum atomic E-state index is -1.19. The fraction of sp³-hybridized carbons (Fsp3) is 0.344. The lowest BCUT2D eigenvalue weighted by Gasteiger charge is -2.42. The Morgan fingerprint density at radius 3 is 2.36 bits per heavy atom. The SMILES string of the molecule is C[C@@H]1N(c2ccc(C(N)=O)cc2)C(=O)[C@H]2[C@H](c3ccc(F)c(Cl)c3)[C@]3(C(=O)Nc4cc(Cl)ccc43)[C@H](CC(C)(C)C)N12. The van der Waals surface area contributed by atoms with Crippen molar-refractivity contribution in [2.45, 2.75) is 63.7 Å². The van der Waals surface area contributed by atoms with E-state index in [0.29, 0.717) is 33.9 Å². The second-order valence-corrected chi connectivity index (χ2v) is 13.4. The molecule has 218 valence electrons. The lowest BCUT2D eigenvalue weighted by molar-refractivity contribution is -0.122. The number of primary amides is 1. The van der Waals surface area contributed by atoms with Crippen LogP contribution < -0.4 is 16.0 Å². The number of hydrogen-bond acceptors (Lipinski definition) is 4. The number of nitrogens with zero attached hydrogens (tertiary/aromatic N) is 2. The summed E-state index contributed by atoms with van der Waals surface area (Å²) < 4.78 is 14.4. The van der Waals surface area contributed by atoms with Gasteiger partial charge in [0.05, 0.1) is 17.2 Å². The number of nitrogens with two attached hydrogens (primary N) is 1. The van der Waals surface area contributed by atoms with Crippen LogP contribution in [-0.4, -0.2) is 40.9 Å². The molecule has 5 atom stereocenters. The molecule has 0 radical (unpaired) electrons. The van der Waals surface area contributed by atoms with Crippen LogP contribution in [-0.2, 0) is 15.0 Å². The molecule has 3 aliphatic heterocycles. The summed E-state index contributed by atoms with van der Waals surface area (Å²) in [4.78, 5) is 44.6. The maximum Gasteiger partial charge on any atom is 0.248 e. The summed E-state index contributed by atoms with van der Waals surface area (Å²) in [6.07, 6.45) is 0.132. The van der Waals surface area contributed by atoms with Crippen molar-refractivity contribution in [3.8, 4) is 0 Å². The normalized spacial score (nSPS) is 27.0. The topological polar surface area (TPSA) is 95.7 Å². The minimum Gasteiger partial charge on any atom is -0.366 e. The summed E-state index contributed by atoms with van der Waals surface area (Å²) in [6.45, 7) is 8.27. The van der Waals surface area contributed by atoms with Crippen molar-refractivity contribution in [1.29, 1.82) is 0 Å². The van der Waals surface area contributed by atoms with E-state index in [-0.39, 0.29) is 22.3 Å². The number of carbonyl (C=O) groups is 3. The Morgan fingerprint density at radius 2 is 1.74 bits per heavy atom. The Kier molecular flexibility index (Phi) is 6.68. The maximum absolute atomic E-state index is 14.6. The fourth-order valence-corrected chi connectivity index (χ4v) is 7.74. The molecule has 7 nitrogen and oxygen atoms in total. The molecule has 0 bridgehead atoms. The van der Waals surface area contributed by atoms with Crippen LogP contribution in [0, 0.1) is 11.2 Å². The van der Waals surface area contributed by atoms with E-state index < -0.39 is 41.3 Å². The average Bonchev–Trinajstić information content (AvgIpc) is 3.46. The lowest BCUT2D eigenvalue weighted by Crippen LogP contribution is -2.54. The first-order valence-corrected chi connectivity index (χ1v) is 14.6. The van der Waals surface area contributed by atoms with E-state index in [2.05, 4.69) is 31.0 Å². The van der Waals surface area contributed by atoms with E-state index >= 15 is 0 Å². The number of hydrogen-bond donors (Lipinski definition) is 2. The quantitative estimate of drug-likeness (QED) is 0.375. The Hall–Kier alpha value is -3.46. The van der Waals surface area contributed by atoms with Gasteiger partial charge in [0, 0.05) is 33.9 Å². The molecule has 2 saturated heterocycles. The molecule has 0 aromatic heterocycles. The molecule has 3 aliphatic rings. The summed E-state index contributed by atoms with van der Waals surface area (Å²) in [7, 11) is 0. The molecule has 1 spiro atoms. The molecule has 3 amide bonds. The van der Waals surface area contributed by atoms with Crippen molar-refractivity contribution < 1.29 is 18.8 Å². The first-order valence-electron chi connectivity index (χ1n) is 13.8. The van der Waals surface area contributed by atoms with Crippen molar-refractivity contribution in [2.75, 3.05) is 10.2 Å². The third kappa shape index (κ3) is 4.14. The van der Waals surface area contributed by atoms with Gasteiger partial charge in [0.1, 0.15) is 11.2 Å². The molecule has 3 N–H and O–H groups in total.